The second-order valence-electron chi connectivity index (χ2n) is 5.88. The van der Waals surface area contributed by atoms with Gasteiger partial charge in [-0.05, 0) is 32.8 Å². The van der Waals surface area contributed by atoms with Crippen molar-refractivity contribution in [1.82, 2.24) is 4.98 Å². The molecule has 112 valence electrons. The third-order valence-electron chi connectivity index (χ3n) is 2.86. The van der Waals surface area contributed by atoms with Crippen molar-refractivity contribution in [2.45, 2.75) is 38.7 Å². The van der Waals surface area contributed by atoms with Gasteiger partial charge in [0.1, 0.15) is 17.3 Å². The first-order chi connectivity index (χ1) is 9.85. The van der Waals surface area contributed by atoms with E-state index in [1.807, 2.05) is 51.1 Å². The molecular weight excluding hydrogens is 268 g/mol. The second kappa shape index (κ2) is 5.99. The molecule has 5 nitrogen and oxygen atoms in total. The Bertz CT molecular complexity index is 599. The quantitative estimate of drug-likeness (QED) is 0.875. The van der Waals surface area contributed by atoms with Crippen LogP contribution >= 0.6 is 0 Å². The molecule has 1 heterocycles. The lowest BCUT2D eigenvalue weighted by molar-refractivity contribution is -0.157. The molecular formula is C16H20N2O3. The van der Waals surface area contributed by atoms with Gasteiger partial charge in [0.25, 0.3) is 6.01 Å². The molecule has 2 aromatic rings. The molecule has 2 N–H and O–H groups in total. The maximum Gasteiger partial charge on any atom is 0.317 e. The first-order valence-electron chi connectivity index (χ1n) is 6.83. The average Bonchev–Trinajstić information content (AvgIpc) is 2.81. The molecule has 0 saturated heterocycles. The van der Waals surface area contributed by atoms with Gasteiger partial charge >= 0.3 is 5.97 Å². The van der Waals surface area contributed by atoms with Crippen LogP contribution in [-0.4, -0.2) is 16.6 Å². The SMILES string of the molecule is CC(C)(C)OC(=O)[C@@H](Cc1ccccc1)c1cnc(N)o1. The number of rotatable bonds is 4. The van der Waals surface area contributed by atoms with Gasteiger partial charge in [0.15, 0.2) is 0 Å². The Balaban J connectivity index is 2.24. The topological polar surface area (TPSA) is 78.3 Å². The normalized spacial score (nSPS) is 12.9. The van der Waals surface area contributed by atoms with Gasteiger partial charge in [-0.2, -0.15) is 0 Å². The zero-order chi connectivity index (χ0) is 15.5. The van der Waals surface area contributed by atoms with Crippen LogP contribution in [0.3, 0.4) is 0 Å². The van der Waals surface area contributed by atoms with Gasteiger partial charge < -0.3 is 14.9 Å². The molecule has 0 aliphatic carbocycles. The van der Waals surface area contributed by atoms with E-state index in [0.29, 0.717) is 12.2 Å². The maximum absolute atomic E-state index is 12.4. The van der Waals surface area contributed by atoms with Crippen LogP contribution in [0.25, 0.3) is 0 Å². The van der Waals surface area contributed by atoms with Crippen LogP contribution in [0.15, 0.2) is 40.9 Å². The fraction of sp³-hybridized carbons (Fsp3) is 0.375. The Hall–Kier alpha value is -2.30. The highest BCUT2D eigenvalue weighted by atomic mass is 16.6. The first kappa shape index (κ1) is 15.1. The summed E-state index contributed by atoms with van der Waals surface area (Å²) in [6.45, 7) is 5.50. The number of benzene rings is 1. The largest absolute Gasteiger partial charge is 0.459 e. The highest BCUT2D eigenvalue weighted by molar-refractivity contribution is 5.78. The number of hydrogen-bond acceptors (Lipinski definition) is 5. The number of carbonyl (C=O) groups excluding carboxylic acids is 1. The van der Waals surface area contributed by atoms with Crippen molar-refractivity contribution in [3.05, 3.63) is 47.9 Å². The number of hydrogen-bond donors (Lipinski definition) is 1. The Morgan fingerprint density at radius 1 is 1.33 bits per heavy atom. The van der Waals surface area contributed by atoms with Crippen LogP contribution in [0.2, 0.25) is 0 Å². The zero-order valence-electron chi connectivity index (χ0n) is 12.5. The van der Waals surface area contributed by atoms with E-state index in [0.717, 1.165) is 5.56 Å². The zero-order valence-corrected chi connectivity index (χ0v) is 12.5. The fourth-order valence-electron chi connectivity index (χ4n) is 1.98. The number of oxazole rings is 1. The number of nitrogens with two attached hydrogens (primary N) is 1. The van der Waals surface area contributed by atoms with Crippen LogP contribution in [0.5, 0.6) is 0 Å². The summed E-state index contributed by atoms with van der Waals surface area (Å²) in [5.74, 6) is -0.482. The molecule has 0 unspecified atom stereocenters. The number of aromatic nitrogens is 1. The minimum atomic E-state index is -0.559. The molecule has 0 radical (unpaired) electrons. The number of esters is 1. The molecule has 0 aliphatic rings. The van der Waals surface area contributed by atoms with Crippen LogP contribution in [-0.2, 0) is 16.0 Å². The first-order valence-corrected chi connectivity index (χ1v) is 6.83. The van der Waals surface area contributed by atoms with Gasteiger partial charge in [0.05, 0.1) is 6.20 Å². The lowest BCUT2D eigenvalue weighted by atomic mass is 9.97. The van der Waals surface area contributed by atoms with Gasteiger partial charge in [0.2, 0.25) is 0 Å². The smallest absolute Gasteiger partial charge is 0.317 e. The Labute approximate surface area is 124 Å². The Kier molecular flexibility index (Phi) is 4.31. The predicted octanol–water partition coefficient (Wildman–Crippen LogP) is 2.92. The van der Waals surface area contributed by atoms with E-state index in [2.05, 4.69) is 4.98 Å². The highest BCUT2D eigenvalue weighted by Crippen LogP contribution is 2.26. The van der Waals surface area contributed by atoms with E-state index in [4.69, 9.17) is 14.9 Å². The van der Waals surface area contributed by atoms with E-state index >= 15 is 0 Å². The number of nitrogen functional groups attached to an aromatic ring is 1. The summed E-state index contributed by atoms with van der Waals surface area (Å²) in [6, 6.07) is 9.74. The van der Waals surface area contributed by atoms with Crippen molar-refractivity contribution in [3.8, 4) is 0 Å². The molecule has 21 heavy (non-hydrogen) atoms. The summed E-state index contributed by atoms with van der Waals surface area (Å²) in [6.07, 6.45) is 1.96. The Morgan fingerprint density at radius 3 is 2.52 bits per heavy atom. The molecule has 0 saturated carbocycles. The monoisotopic (exact) mass is 288 g/mol. The van der Waals surface area contributed by atoms with Gasteiger partial charge in [-0.3, -0.25) is 4.79 Å². The molecule has 2 rings (SSSR count). The fourth-order valence-corrected chi connectivity index (χ4v) is 1.98. The number of ether oxygens (including phenoxy) is 1. The number of carbonyl (C=O) groups is 1. The Morgan fingerprint density at radius 2 is 2.00 bits per heavy atom. The molecule has 1 aromatic heterocycles. The molecule has 1 atom stereocenters. The van der Waals surface area contributed by atoms with Gasteiger partial charge in [-0.25, -0.2) is 4.98 Å². The minimum Gasteiger partial charge on any atom is -0.459 e. The standard InChI is InChI=1S/C16H20N2O3/c1-16(2,3)21-14(19)12(13-10-18-15(17)20-13)9-11-7-5-4-6-8-11/h4-8,10,12H,9H2,1-3H3,(H2,17,18)/t12-/m0/s1. The van der Waals surface area contributed by atoms with Gasteiger partial charge in [-0.1, -0.05) is 30.3 Å². The predicted molar refractivity (Wildman–Crippen MR) is 79.6 cm³/mol. The lowest BCUT2D eigenvalue weighted by Gasteiger charge is -2.23. The number of anilines is 1. The molecule has 0 amide bonds. The van der Waals surface area contributed by atoms with E-state index in [1.54, 1.807) is 0 Å². The summed E-state index contributed by atoms with van der Waals surface area (Å²) >= 11 is 0. The van der Waals surface area contributed by atoms with Crippen molar-refractivity contribution in [3.63, 3.8) is 0 Å². The van der Waals surface area contributed by atoms with Crippen molar-refractivity contribution < 1.29 is 13.9 Å². The van der Waals surface area contributed by atoms with E-state index < -0.39 is 11.5 Å². The summed E-state index contributed by atoms with van der Waals surface area (Å²) in [7, 11) is 0. The van der Waals surface area contributed by atoms with Crippen molar-refractivity contribution in [2.24, 2.45) is 0 Å². The summed E-state index contributed by atoms with van der Waals surface area (Å²) < 4.78 is 10.8. The van der Waals surface area contributed by atoms with Crippen molar-refractivity contribution in [2.75, 3.05) is 5.73 Å². The molecule has 0 bridgehead atoms. The summed E-state index contributed by atoms with van der Waals surface area (Å²) in [5, 5.41) is 0. The third kappa shape index (κ3) is 4.34. The minimum absolute atomic E-state index is 0.0478. The molecule has 0 aliphatic heterocycles. The van der Waals surface area contributed by atoms with E-state index in [9.17, 15) is 4.79 Å². The lowest BCUT2D eigenvalue weighted by Crippen LogP contribution is -2.28. The van der Waals surface area contributed by atoms with Crippen LogP contribution in [0.4, 0.5) is 6.01 Å². The summed E-state index contributed by atoms with van der Waals surface area (Å²) in [4.78, 5) is 16.3. The summed E-state index contributed by atoms with van der Waals surface area (Å²) in [5.41, 5.74) is 5.97. The third-order valence-corrected chi connectivity index (χ3v) is 2.86. The number of nitrogens with zero attached hydrogens (tertiary/aromatic N) is 1. The highest BCUT2D eigenvalue weighted by Gasteiger charge is 2.29. The van der Waals surface area contributed by atoms with Gasteiger partial charge in [-0.15, -0.1) is 0 Å². The molecule has 0 spiro atoms. The van der Waals surface area contributed by atoms with Crippen LogP contribution in [0.1, 0.15) is 38.0 Å². The molecule has 1 aromatic carbocycles. The van der Waals surface area contributed by atoms with Crippen molar-refractivity contribution >= 4 is 12.0 Å². The average molecular weight is 288 g/mol. The van der Waals surface area contributed by atoms with Crippen molar-refractivity contribution in [1.29, 1.82) is 0 Å². The van der Waals surface area contributed by atoms with Crippen LogP contribution < -0.4 is 5.73 Å². The second-order valence-corrected chi connectivity index (χ2v) is 5.88. The molecule has 5 heteroatoms. The molecule has 0 fully saturated rings. The van der Waals surface area contributed by atoms with Crippen LogP contribution in [0, 0.1) is 0 Å². The van der Waals surface area contributed by atoms with Gasteiger partial charge in [0, 0.05) is 0 Å². The van der Waals surface area contributed by atoms with E-state index in [-0.39, 0.29) is 12.0 Å². The van der Waals surface area contributed by atoms with E-state index in [1.165, 1.54) is 6.20 Å². The maximum atomic E-state index is 12.4.